The van der Waals surface area contributed by atoms with Gasteiger partial charge in [0.15, 0.2) is 0 Å². The molecule has 0 aliphatic heterocycles. The summed E-state index contributed by atoms with van der Waals surface area (Å²) in [4.78, 5) is 20.2. The van der Waals surface area contributed by atoms with Crippen molar-refractivity contribution in [3.63, 3.8) is 0 Å². The van der Waals surface area contributed by atoms with Crippen LogP contribution in [0.1, 0.15) is 0 Å². The molecule has 72 valence electrons. The molecule has 5 nitrogen and oxygen atoms in total. The van der Waals surface area contributed by atoms with E-state index in [0.717, 1.165) is 6.08 Å². The van der Waals surface area contributed by atoms with E-state index in [1.165, 1.54) is 0 Å². The summed E-state index contributed by atoms with van der Waals surface area (Å²) in [5, 5.41) is 12.4. The Morgan fingerprint density at radius 3 is 2.57 bits per heavy atom. The van der Waals surface area contributed by atoms with E-state index in [1.54, 1.807) is 24.3 Å². The molecule has 5 heteroatoms. The molecular formula is C9H8N2O3. The minimum Gasteiger partial charge on any atom is -0.322 e. The third kappa shape index (κ3) is 3.48. The second-order valence-corrected chi connectivity index (χ2v) is 2.46. The number of nitrogens with one attached hydrogen (secondary N) is 1. The molecule has 0 aliphatic carbocycles. The minimum absolute atomic E-state index is 0.520. The predicted molar refractivity (Wildman–Crippen MR) is 51.2 cm³/mol. The zero-order valence-corrected chi connectivity index (χ0v) is 7.21. The van der Waals surface area contributed by atoms with Gasteiger partial charge in [-0.15, -0.1) is 0 Å². The van der Waals surface area contributed by atoms with Gasteiger partial charge in [0, 0.05) is 5.69 Å². The highest BCUT2D eigenvalue weighted by Crippen LogP contribution is 2.04. The largest absolute Gasteiger partial charge is 0.322 e. The predicted octanol–water partition coefficient (Wildman–Crippen LogP) is 1.42. The Hall–Kier alpha value is -2.17. The topological polar surface area (TPSA) is 72.2 Å². The van der Waals surface area contributed by atoms with Crippen LogP contribution in [-0.4, -0.2) is 10.8 Å². The minimum atomic E-state index is -0.690. The average molecular weight is 192 g/mol. The second-order valence-electron chi connectivity index (χ2n) is 2.46. The molecule has 1 aromatic carbocycles. The molecule has 0 heterocycles. The molecule has 0 saturated heterocycles. The van der Waals surface area contributed by atoms with Gasteiger partial charge >= 0.3 is 0 Å². The summed E-state index contributed by atoms with van der Waals surface area (Å²) in [6, 6.07) is 8.71. The van der Waals surface area contributed by atoms with Crippen molar-refractivity contribution in [2.75, 3.05) is 5.32 Å². The molecule has 1 aromatic rings. The molecule has 1 rings (SSSR count). The monoisotopic (exact) mass is 192 g/mol. The number of carbonyl (C=O) groups is 1. The maximum atomic E-state index is 11.0. The smallest absolute Gasteiger partial charge is 0.254 e. The van der Waals surface area contributed by atoms with Crippen LogP contribution < -0.4 is 5.32 Å². The summed E-state index contributed by atoms with van der Waals surface area (Å²) in [7, 11) is 0. The third-order valence-electron chi connectivity index (χ3n) is 1.39. The van der Waals surface area contributed by atoms with E-state index in [4.69, 9.17) is 0 Å². The maximum absolute atomic E-state index is 11.0. The fourth-order valence-corrected chi connectivity index (χ4v) is 0.834. The maximum Gasteiger partial charge on any atom is 0.254 e. The van der Waals surface area contributed by atoms with Gasteiger partial charge in [-0.3, -0.25) is 14.9 Å². The number of benzene rings is 1. The number of nitrogens with zero attached hydrogens (tertiary/aromatic N) is 1. The fourth-order valence-electron chi connectivity index (χ4n) is 0.834. The van der Waals surface area contributed by atoms with E-state index < -0.39 is 10.8 Å². The van der Waals surface area contributed by atoms with Gasteiger partial charge < -0.3 is 5.32 Å². The normalized spacial score (nSPS) is 10.0. The van der Waals surface area contributed by atoms with Crippen LogP contribution in [0.4, 0.5) is 5.69 Å². The van der Waals surface area contributed by atoms with E-state index in [0.29, 0.717) is 11.9 Å². The molecule has 14 heavy (non-hydrogen) atoms. The Kier molecular flexibility index (Phi) is 3.37. The number of nitro groups is 1. The molecule has 0 bridgehead atoms. The van der Waals surface area contributed by atoms with Gasteiger partial charge in [-0.05, 0) is 12.1 Å². The lowest BCUT2D eigenvalue weighted by molar-refractivity contribution is -0.402. The fraction of sp³-hybridized carbons (Fsp3) is 0. The molecule has 0 fully saturated rings. The van der Waals surface area contributed by atoms with Crippen LogP contribution in [0, 0.1) is 10.1 Å². The highest BCUT2D eigenvalue weighted by atomic mass is 16.6. The standard InChI is InChI=1S/C9H8N2O3/c12-9(6-7-11(13)14)10-8-4-2-1-3-5-8/h1-7H,(H,10,12)/b7-6-. The van der Waals surface area contributed by atoms with E-state index in [9.17, 15) is 14.9 Å². The zero-order chi connectivity index (χ0) is 10.4. The van der Waals surface area contributed by atoms with Crippen LogP contribution >= 0.6 is 0 Å². The molecular weight excluding hydrogens is 184 g/mol. The number of rotatable bonds is 3. The number of para-hydroxylation sites is 1. The number of hydrogen-bond acceptors (Lipinski definition) is 3. The van der Waals surface area contributed by atoms with Crippen LogP contribution in [0.25, 0.3) is 0 Å². The summed E-state index contributed by atoms with van der Waals surface area (Å²) in [6.45, 7) is 0. The molecule has 0 unspecified atom stereocenters. The quantitative estimate of drug-likeness (QED) is 0.447. The number of carbonyl (C=O) groups excluding carboxylic acids is 1. The Morgan fingerprint density at radius 1 is 1.36 bits per heavy atom. The molecule has 0 radical (unpaired) electrons. The van der Waals surface area contributed by atoms with Crippen molar-refractivity contribution in [1.82, 2.24) is 0 Å². The van der Waals surface area contributed by atoms with Gasteiger partial charge in [0.1, 0.15) is 0 Å². The lowest BCUT2D eigenvalue weighted by Gasteiger charge is -1.98. The van der Waals surface area contributed by atoms with Crippen LogP contribution in [0.3, 0.4) is 0 Å². The van der Waals surface area contributed by atoms with Crippen molar-refractivity contribution >= 4 is 11.6 Å². The SMILES string of the molecule is O=C(/C=C\[N+](=O)[O-])Nc1ccccc1. The molecule has 1 N–H and O–H groups in total. The Balaban J connectivity index is 2.54. The van der Waals surface area contributed by atoms with Crippen LogP contribution in [0.5, 0.6) is 0 Å². The van der Waals surface area contributed by atoms with Gasteiger partial charge in [-0.25, -0.2) is 0 Å². The van der Waals surface area contributed by atoms with Crippen molar-refractivity contribution in [3.8, 4) is 0 Å². The van der Waals surface area contributed by atoms with Gasteiger partial charge in [0.2, 0.25) is 6.20 Å². The lowest BCUT2D eigenvalue weighted by atomic mass is 10.3. The average Bonchev–Trinajstić information content (AvgIpc) is 2.16. The first-order valence-corrected chi connectivity index (χ1v) is 3.86. The van der Waals surface area contributed by atoms with E-state index in [2.05, 4.69) is 5.32 Å². The lowest BCUT2D eigenvalue weighted by Crippen LogP contribution is -2.08. The second kappa shape index (κ2) is 4.76. The van der Waals surface area contributed by atoms with E-state index >= 15 is 0 Å². The molecule has 0 aromatic heterocycles. The molecule has 1 amide bonds. The van der Waals surface area contributed by atoms with Gasteiger partial charge in [-0.2, -0.15) is 0 Å². The Morgan fingerprint density at radius 2 is 2.00 bits per heavy atom. The van der Waals surface area contributed by atoms with Gasteiger partial charge in [-0.1, -0.05) is 18.2 Å². The molecule has 0 spiro atoms. The summed E-state index contributed by atoms with van der Waals surface area (Å²) < 4.78 is 0. The summed E-state index contributed by atoms with van der Waals surface area (Å²) in [6.07, 6.45) is 1.46. The number of amides is 1. The van der Waals surface area contributed by atoms with Crippen molar-refractivity contribution in [1.29, 1.82) is 0 Å². The number of anilines is 1. The van der Waals surface area contributed by atoms with Crippen LogP contribution in [0.2, 0.25) is 0 Å². The van der Waals surface area contributed by atoms with Crippen LogP contribution in [-0.2, 0) is 4.79 Å². The third-order valence-corrected chi connectivity index (χ3v) is 1.39. The summed E-state index contributed by atoms with van der Waals surface area (Å²) in [5.41, 5.74) is 0.602. The molecule has 0 aliphatic rings. The molecule has 0 saturated carbocycles. The zero-order valence-electron chi connectivity index (χ0n) is 7.21. The first-order chi connectivity index (χ1) is 6.68. The van der Waals surface area contributed by atoms with E-state index in [-0.39, 0.29) is 0 Å². The summed E-state index contributed by atoms with van der Waals surface area (Å²) >= 11 is 0. The highest BCUT2D eigenvalue weighted by molar-refractivity contribution is 5.98. The van der Waals surface area contributed by atoms with Crippen molar-refractivity contribution in [3.05, 3.63) is 52.7 Å². The Bertz CT molecular complexity index is 360. The first-order valence-electron chi connectivity index (χ1n) is 3.86. The van der Waals surface area contributed by atoms with Gasteiger partial charge in [0.05, 0.1) is 11.0 Å². The molecule has 0 atom stereocenters. The number of hydrogen-bond donors (Lipinski definition) is 1. The first kappa shape index (κ1) is 9.91. The van der Waals surface area contributed by atoms with Crippen LogP contribution in [0.15, 0.2) is 42.6 Å². The van der Waals surface area contributed by atoms with Crippen molar-refractivity contribution in [2.45, 2.75) is 0 Å². The van der Waals surface area contributed by atoms with Gasteiger partial charge in [0.25, 0.3) is 5.91 Å². The van der Waals surface area contributed by atoms with Crippen molar-refractivity contribution < 1.29 is 9.72 Å². The van der Waals surface area contributed by atoms with Crippen molar-refractivity contribution in [2.24, 2.45) is 0 Å². The van der Waals surface area contributed by atoms with E-state index in [1.807, 2.05) is 6.07 Å². The Labute approximate surface area is 80.2 Å². The highest BCUT2D eigenvalue weighted by Gasteiger charge is 1.97. The summed E-state index contributed by atoms with van der Waals surface area (Å²) in [5.74, 6) is -0.520.